The normalized spacial score (nSPS) is 20.2. The number of rotatable bonds is 3. The number of piperazine rings is 1. The van der Waals surface area contributed by atoms with Gasteiger partial charge in [0.05, 0.1) is 24.8 Å². The molecule has 0 bridgehead atoms. The molecular weight excluding hydrogens is 379 g/mol. The third-order valence-corrected chi connectivity index (χ3v) is 5.41. The van der Waals surface area contributed by atoms with E-state index in [-0.39, 0.29) is 11.2 Å². The summed E-state index contributed by atoms with van der Waals surface area (Å²) in [4.78, 5) is 15.2. The predicted octanol–water partition coefficient (Wildman–Crippen LogP) is 1.91. The van der Waals surface area contributed by atoms with Crippen LogP contribution in [0, 0.1) is 17.1 Å². The summed E-state index contributed by atoms with van der Waals surface area (Å²) in [7, 11) is 0. The Morgan fingerprint density at radius 1 is 1.18 bits per heavy atom. The number of nitriles is 1. The number of hydrogen-bond donors (Lipinski definition) is 1. The minimum atomic E-state index is -0.256. The lowest BCUT2D eigenvalue weighted by Gasteiger charge is -2.41. The smallest absolute Gasteiger partial charge is 0.227 e. The molecule has 0 aliphatic carbocycles. The van der Waals surface area contributed by atoms with Crippen LogP contribution in [0.3, 0.4) is 0 Å². The van der Waals surface area contributed by atoms with E-state index in [1.54, 1.807) is 12.3 Å². The molecule has 3 heterocycles. The Hall–Kier alpha value is -2.57. The fourth-order valence-corrected chi connectivity index (χ4v) is 3.92. The van der Waals surface area contributed by atoms with Crippen LogP contribution in [0.4, 0.5) is 21.8 Å². The molecule has 0 radical (unpaired) electrons. The number of anilines is 3. The Morgan fingerprint density at radius 3 is 2.71 bits per heavy atom. The summed E-state index contributed by atoms with van der Waals surface area (Å²) in [5.41, 5.74) is 1.26. The zero-order valence-corrected chi connectivity index (χ0v) is 16.2. The quantitative estimate of drug-likeness (QED) is 0.790. The van der Waals surface area contributed by atoms with Gasteiger partial charge < -0.3 is 19.4 Å². The second kappa shape index (κ2) is 8.20. The molecule has 2 fully saturated rings. The van der Waals surface area contributed by atoms with Gasteiger partial charge in [-0.25, -0.2) is 9.37 Å². The van der Waals surface area contributed by atoms with E-state index in [4.69, 9.17) is 17.4 Å². The average Bonchev–Trinajstić information content (AvgIpc) is 2.74. The summed E-state index contributed by atoms with van der Waals surface area (Å²) in [6, 6.07) is 8.74. The Morgan fingerprint density at radius 2 is 2.00 bits per heavy atom. The molecule has 9 heteroatoms. The van der Waals surface area contributed by atoms with Crippen LogP contribution in [-0.4, -0.2) is 61.3 Å². The van der Waals surface area contributed by atoms with Crippen LogP contribution in [-0.2, 0) is 4.74 Å². The molecule has 28 heavy (non-hydrogen) atoms. The highest BCUT2D eigenvalue weighted by atomic mass is 32.1. The van der Waals surface area contributed by atoms with Crippen molar-refractivity contribution < 1.29 is 9.13 Å². The van der Waals surface area contributed by atoms with E-state index in [0.717, 1.165) is 18.8 Å². The van der Waals surface area contributed by atoms with Crippen molar-refractivity contribution in [3.05, 3.63) is 41.8 Å². The summed E-state index contributed by atoms with van der Waals surface area (Å²) in [6.07, 6.45) is 1.58. The van der Waals surface area contributed by atoms with Crippen LogP contribution in [0.2, 0.25) is 0 Å². The molecule has 2 aliphatic heterocycles. The van der Waals surface area contributed by atoms with Crippen LogP contribution in [0.25, 0.3) is 0 Å². The van der Waals surface area contributed by atoms with Crippen molar-refractivity contribution in [2.24, 2.45) is 0 Å². The van der Waals surface area contributed by atoms with Gasteiger partial charge in [-0.1, -0.05) is 6.07 Å². The third kappa shape index (κ3) is 3.84. The molecule has 2 saturated heterocycles. The molecule has 4 rings (SSSR count). The first-order valence-corrected chi connectivity index (χ1v) is 9.72. The summed E-state index contributed by atoms with van der Waals surface area (Å²) in [6.45, 7) is 4.63. The molecule has 7 nitrogen and oxygen atoms in total. The van der Waals surface area contributed by atoms with Gasteiger partial charge in [-0.3, -0.25) is 0 Å². The zero-order valence-electron chi connectivity index (χ0n) is 15.3. The first-order chi connectivity index (χ1) is 13.7. The number of thiol groups is 1. The number of nitrogens with zero attached hydrogens (tertiary/aromatic N) is 6. The van der Waals surface area contributed by atoms with Crippen LogP contribution in [0.5, 0.6) is 0 Å². The summed E-state index contributed by atoms with van der Waals surface area (Å²) >= 11 is 4.74. The van der Waals surface area contributed by atoms with Gasteiger partial charge in [-0.15, -0.1) is 0 Å². The molecule has 0 N–H and O–H groups in total. The number of morpholine rings is 1. The first kappa shape index (κ1) is 18.8. The van der Waals surface area contributed by atoms with Crippen LogP contribution < -0.4 is 14.7 Å². The van der Waals surface area contributed by atoms with Crippen LogP contribution in [0.1, 0.15) is 5.56 Å². The zero-order chi connectivity index (χ0) is 19.5. The van der Waals surface area contributed by atoms with Gasteiger partial charge >= 0.3 is 0 Å². The lowest BCUT2D eigenvalue weighted by atomic mass is 10.2. The molecule has 1 aromatic carbocycles. The molecule has 1 aromatic heterocycles. The molecule has 1 atom stereocenters. The molecule has 0 saturated carbocycles. The van der Waals surface area contributed by atoms with Crippen molar-refractivity contribution in [1.82, 2.24) is 9.97 Å². The van der Waals surface area contributed by atoms with Crippen LogP contribution in [0.15, 0.2) is 30.5 Å². The van der Waals surface area contributed by atoms with Gasteiger partial charge in [0, 0.05) is 38.4 Å². The number of benzene rings is 1. The first-order valence-electron chi connectivity index (χ1n) is 9.21. The second-order valence-electron chi connectivity index (χ2n) is 6.72. The highest BCUT2D eigenvalue weighted by Gasteiger charge is 2.28. The lowest BCUT2D eigenvalue weighted by Crippen LogP contribution is -2.51. The monoisotopic (exact) mass is 400 g/mol. The Bertz CT molecular complexity index is 885. The second-order valence-corrected chi connectivity index (χ2v) is 7.31. The Kier molecular flexibility index (Phi) is 5.50. The maximum absolute atomic E-state index is 13.6. The summed E-state index contributed by atoms with van der Waals surface area (Å²) in [5, 5.41) is 9.35. The Labute approximate surface area is 168 Å². The molecule has 0 spiro atoms. The van der Waals surface area contributed by atoms with Gasteiger partial charge in [0.1, 0.15) is 17.4 Å². The summed E-state index contributed by atoms with van der Waals surface area (Å²) in [5.74, 6) is 0.941. The fourth-order valence-electron chi connectivity index (χ4n) is 3.50. The van der Waals surface area contributed by atoms with Crippen molar-refractivity contribution in [3.63, 3.8) is 0 Å². The average molecular weight is 400 g/mol. The van der Waals surface area contributed by atoms with Gasteiger partial charge in [0.25, 0.3) is 0 Å². The van der Waals surface area contributed by atoms with Gasteiger partial charge in [-0.2, -0.15) is 22.9 Å². The van der Waals surface area contributed by atoms with E-state index in [1.807, 2.05) is 11.0 Å². The fraction of sp³-hybridized carbons (Fsp3) is 0.421. The largest absolute Gasteiger partial charge is 0.378 e. The van der Waals surface area contributed by atoms with E-state index in [1.165, 1.54) is 12.1 Å². The van der Waals surface area contributed by atoms with Gasteiger partial charge in [0.15, 0.2) is 5.82 Å². The van der Waals surface area contributed by atoms with E-state index < -0.39 is 0 Å². The minimum Gasteiger partial charge on any atom is -0.378 e. The SMILES string of the molecule is N#Cc1cnc(N2CCOCC2)nc1N1CCN(c2cccc(F)c2)CC1S. The van der Waals surface area contributed by atoms with Crippen molar-refractivity contribution in [2.75, 3.05) is 60.6 Å². The van der Waals surface area contributed by atoms with Crippen molar-refractivity contribution in [1.29, 1.82) is 5.26 Å². The maximum Gasteiger partial charge on any atom is 0.227 e. The molecule has 0 amide bonds. The maximum atomic E-state index is 13.6. The molecule has 2 aromatic rings. The van der Waals surface area contributed by atoms with E-state index in [0.29, 0.717) is 50.2 Å². The molecule has 146 valence electrons. The minimum absolute atomic E-state index is 0.184. The summed E-state index contributed by atoms with van der Waals surface area (Å²) < 4.78 is 18.9. The van der Waals surface area contributed by atoms with E-state index in [9.17, 15) is 9.65 Å². The topological polar surface area (TPSA) is 68.5 Å². The number of hydrogen-bond acceptors (Lipinski definition) is 8. The number of ether oxygens (including phenoxy) is 1. The number of halogens is 1. The molecule has 1 unspecified atom stereocenters. The Balaban J connectivity index is 1.56. The van der Waals surface area contributed by atoms with Crippen LogP contribution >= 0.6 is 12.6 Å². The highest BCUT2D eigenvalue weighted by molar-refractivity contribution is 7.81. The molecular formula is C19H21FN6OS. The highest BCUT2D eigenvalue weighted by Crippen LogP contribution is 2.28. The number of aromatic nitrogens is 2. The third-order valence-electron chi connectivity index (χ3n) is 4.97. The van der Waals surface area contributed by atoms with Gasteiger partial charge in [-0.05, 0) is 18.2 Å². The van der Waals surface area contributed by atoms with Crippen molar-refractivity contribution in [3.8, 4) is 6.07 Å². The van der Waals surface area contributed by atoms with Crippen molar-refractivity contribution >= 4 is 30.1 Å². The van der Waals surface area contributed by atoms with Crippen molar-refractivity contribution in [2.45, 2.75) is 5.37 Å². The standard InChI is InChI=1S/C19H21FN6OS/c20-15-2-1-3-16(10-15)25-4-5-26(17(28)13-25)18-14(11-21)12-22-19(23-18)24-6-8-27-9-7-24/h1-3,10,12,17,28H,4-9,13H2. The molecule has 2 aliphatic rings. The van der Waals surface area contributed by atoms with Gasteiger partial charge in [0.2, 0.25) is 5.95 Å². The van der Waals surface area contributed by atoms with E-state index in [2.05, 4.69) is 25.8 Å². The predicted molar refractivity (Wildman–Crippen MR) is 109 cm³/mol. The lowest BCUT2D eigenvalue weighted by molar-refractivity contribution is 0.122. The van der Waals surface area contributed by atoms with E-state index >= 15 is 0 Å².